The van der Waals surface area contributed by atoms with Gasteiger partial charge >= 0.3 is 5.97 Å². The Morgan fingerprint density at radius 1 is 1.04 bits per heavy atom. The molecule has 1 rings (SSSR count). The van der Waals surface area contributed by atoms with Gasteiger partial charge in [-0.05, 0) is 49.7 Å². The number of benzene rings is 1. The van der Waals surface area contributed by atoms with E-state index in [0.717, 1.165) is 12.0 Å². The fourth-order valence-electron chi connectivity index (χ4n) is 2.69. The molecule has 0 heterocycles. The fourth-order valence-corrected chi connectivity index (χ4v) is 3.64. The number of hydrogen-bond donors (Lipinski definition) is 0. The van der Waals surface area contributed by atoms with E-state index in [1.54, 1.807) is 12.1 Å². The molecule has 0 aliphatic rings. The molecule has 1 atom stereocenters. The van der Waals surface area contributed by atoms with Crippen LogP contribution in [0.1, 0.15) is 59.4 Å². The first-order valence-electron chi connectivity index (χ1n) is 9.56. The van der Waals surface area contributed by atoms with Crippen LogP contribution < -0.4 is 0 Å². The molecule has 27 heavy (non-hydrogen) atoms. The first kappa shape index (κ1) is 23.6. The van der Waals surface area contributed by atoms with Crippen molar-refractivity contribution < 1.29 is 22.1 Å². The quantitative estimate of drug-likeness (QED) is 0.324. The molecular weight excluding hydrogens is 364 g/mol. The van der Waals surface area contributed by atoms with E-state index in [-0.39, 0.29) is 35.4 Å². The zero-order chi connectivity index (χ0) is 20.7. The van der Waals surface area contributed by atoms with Crippen molar-refractivity contribution in [2.45, 2.75) is 65.7 Å². The molecule has 1 unspecified atom stereocenters. The Morgan fingerprint density at radius 2 is 1.59 bits per heavy atom. The van der Waals surface area contributed by atoms with Crippen LogP contribution >= 0.6 is 0 Å². The predicted octanol–water partition coefficient (Wildman–Crippen LogP) is 4.73. The van der Waals surface area contributed by atoms with Gasteiger partial charge in [-0.15, -0.1) is 0 Å². The highest BCUT2D eigenvalue weighted by Crippen LogP contribution is 2.32. The zero-order valence-electron chi connectivity index (χ0n) is 17.4. The second kappa shape index (κ2) is 10.2. The average Bonchev–Trinajstić information content (AvgIpc) is 2.54. The standard InChI is InChI=1S/C21H34O5S/c1-16(2)15-19(21(4,5)6)20(22)25-13-7-8-14-26-27(23,24)18-11-9-17(3)10-12-18/h9-12,16,19H,7-8,13-15H2,1-6H3. The molecule has 1 aromatic rings. The Balaban J connectivity index is 2.37. The maximum Gasteiger partial charge on any atom is 0.309 e. The van der Waals surface area contributed by atoms with Gasteiger partial charge in [0.15, 0.2) is 0 Å². The molecule has 0 aliphatic carbocycles. The molecule has 0 radical (unpaired) electrons. The molecule has 1 aromatic carbocycles. The molecule has 0 saturated carbocycles. The minimum Gasteiger partial charge on any atom is -0.465 e. The van der Waals surface area contributed by atoms with Crippen LogP contribution in [0.15, 0.2) is 29.2 Å². The van der Waals surface area contributed by atoms with Crippen molar-refractivity contribution in [2.75, 3.05) is 13.2 Å². The number of esters is 1. The summed E-state index contributed by atoms with van der Waals surface area (Å²) in [5, 5.41) is 0. The average molecular weight is 399 g/mol. The van der Waals surface area contributed by atoms with E-state index in [4.69, 9.17) is 8.92 Å². The second-order valence-electron chi connectivity index (χ2n) is 8.51. The Bertz CT molecular complexity index is 684. The molecular formula is C21H34O5S. The minimum atomic E-state index is -3.73. The zero-order valence-corrected chi connectivity index (χ0v) is 18.3. The van der Waals surface area contributed by atoms with Gasteiger partial charge in [0.05, 0.1) is 24.0 Å². The summed E-state index contributed by atoms with van der Waals surface area (Å²) in [4.78, 5) is 12.5. The van der Waals surface area contributed by atoms with Crippen molar-refractivity contribution in [3.05, 3.63) is 29.8 Å². The molecule has 0 aromatic heterocycles. The van der Waals surface area contributed by atoms with E-state index in [1.807, 2.05) is 27.7 Å². The first-order valence-corrected chi connectivity index (χ1v) is 11.0. The van der Waals surface area contributed by atoms with Gasteiger partial charge < -0.3 is 4.74 Å². The summed E-state index contributed by atoms with van der Waals surface area (Å²) < 4.78 is 34.6. The van der Waals surface area contributed by atoms with Crippen molar-refractivity contribution in [1.29, 1.82) is 0 Å². The third kappa shape index (κ3) is 8.43. The molecule has 154 valence electrons. The number of aryl methyl sites for hydroxylation is 1. The lowest BCUT2D eigenvalue weighted by Crippen LogP contribution is -2.31. The molecule has 6 heteroatoms. The van der Waals surface area contributed by atoms with E-state index in [9.17, 15) is 13.2 Å². The van der Waals surface area contributed by atoms with Crippen LogP contribution in [-0.2, 0) is 23.8 Å². The van der Waals surface area contributed by atoms with Crippen molar-refractivity contribution >= 4 is 16.1 Å². The summed E-state index contributed by atoms with van der Waals surface area (Å²) >= 11 is 0. The second-order valence-corrected chi connectivity index (χ2v) is 10.1. The molecule has 0 aliphatic heterocycles. The molecule has 0 saturated heterocycles. The maximum absolute atomic E-state index is 12.4. The van der Waals surface area contributed by atoms with E-state index < -0.39 is 10.1 Å². The Hall–Kier alpha value is -1.40. The third-order valence-corrected chi connectivity index (χ3v) is 5.69. The summed E-state index contributed by atoms with van der Waals surface area (Å²) in [6.45, 7) is 12.6. The van der Waals surface area contributed by atoms with Gasteiger partial charge in [-0.25, -0.2) is 0 Å². The number of rotatable bonds is 10. The number of unbranched alkanes of at least 4 members (excludes halogenated alkanes) is 1. The van der Waals surface area contributed by atoms with Gasteiger partial charge in [-0.2, -0.15) is 8.42 Å². The van der Waals surface area contributed by atoms with Crippen molar-refractivity contribution in [3.63, 3.8) is 0 Å². The number of carbonyl (C=O) groups excluding carboxylic acids is 1. The maximum atomic E-state index is 12.4. The van der Waals surface area contributed by atoms with Crippen LogP contribution in [0, 0.1) is 24.2 Å². The van der Waals surface area contributed by atoms with E-state index in [2.05, 4.69) is 13.8 Å². The lowest BCUT2D eigenvalue weighted by atomic mass is 9.76. The minimum absolute atomic E-state index is 0.0719. The normalized spacial score (nSPS) is 13.6. The van der Waals surface area contributed by atoms with Gasteiger partial charge in [-0.1, -0.05) is 52.3 Å². The summed E-state index contributed by atoms with van der Waals surface area (Å²) in [5.74, 6) is 0.0993. The predicted molar refractivity (Wildman–Crippen MR) is 107 cm³/mol. The Kier molecular flexibility index (Phi) is 8.95. The highest BCUT2D eigenvalue weighted by Gasteiger charge is 2.32. The molecule has 0 amide bonds. The Morgan fingerprint density at radius 3 is 2.11 bits per heavy atom. The monoisotopic (exact) mass is 398 g/mol. The molecule has 0 N–H and O–H groups in total. The van der Waals surface area contributed by atoms with Gasteiger partial charge in [-0.3, -0.25) is 8.98 Å². The highest BCUT2D eigenvalue weighted by molar-refractivity contribution is 7.86. The SMILES string of the molecule is Cc1ccc(S(=O)(=O)OCCCCOC(=O)C(CC(C)C)C(C)(C)C)cc1. The highest BCUT2D eigenvalue weighted by atomic mass is 32.2. The first-order chi connectivity index (χ1) is 12.4. The van der Waals surface area contributed by atoms with Crippen LogP contribution in [-0.4, -0.2) is 27.6 Å². The number of ether oxygens (including phenoxy) is 1. The van der Waals surface area contributed by atoms with Gasteiger partial charge in [0.25, 0.3) is 10.1 Å². The molecule has 0 spiro atoms. The fraction of sp³-hybridized carbons (Fsp3) is 0.667. The summed E-state index contributed by atoms with van der Waals surface area (Å²) in [6.07, 6.45) is 1.86. The van der Waals surface area contributed by atoms with E-state index in [1.165, 1.54) is 12.1 Å². The van der Waals surface area contributed by atoms with Crippen LogP contribution in [0.25, 0.3) is 0 Å². The van der Waals surface area contributed by atoms with Gasteiger partial charge in [0.2, 0.25) is 0 Å². The van der Waals surface area contributed by atoms with Gasteiger partial charge in [0.1, 0.15) is 0 Å². The number of hydrogen-bond acceptors (Lipinski definition) is 5. The lowest BCUT2D eigenvalue weighted by molar-refractivity contribution is -0.153. The van der Waals surface area contributed by atoms with E-state index >= 15 is 0 Å². The van der Waals surface area contributed by atoms with Crippen molar-refractivity contribution in [1.82, 2.24) is 0 Å². The summed E-state index contributed by atoms with van der Waals surface area (Å²) in [7, 11) is -3.73. The molecule has 0 bridgehead atoms. The van der Waals surface area contributed by atoms with Crippen LogP contribution in [0.4, 0.5) is 0 Å². The molecule has 5 nitrogen and oxygen atoms in total. The summed E-state index contributed by atoms with van der Waals surface area (Å²) in [6, 6.07) is 6.54. The number of carbonyl (C=O) groups is 1. The van der Waals surface area contributed by atoms with Crippen LogP contribution in [0.2, 0.25) is 0 Å². The van der Waals surface area contributed by atoms with Crippen molar-refractivity contribution in [2.24, 2.45) is 17.3 Å². The summed E-state index contributed by atoms with van der Waals surface area (Å²) in [5.41, 5.74) is 0.842. The smallest absolute Gasteiger partial charge is 0.309 e. The molecule has 0 fully saturated rings. The van der Waals surface area contributed by atoms with Crippen LogP contribution in [0.5, 0.6) is 0 Å². The topological polar surface area (TPSA) is 69.7 Å². The third-order valence-electron chi connectivity index (χ3n) is 4.37. The van der Waals surface area contributed by atoms with Gasteiger partial charge in [0, 0.05) is 0 Å². The van der Waals surface area contributed by atoms with Crippen molar-refractivity contribution in [3.8, 4) is 0 Å². The largest absolute Gasteiger partial charge is 0.465 e. The van der Waals surface area contributed by atoms with E-state index in [0.29, 0.717) is 18.8 Å². The lowest BCUT2D eigenvalue weighted by Gasteiger charge is -2.30. The van der Waals surface area contributed by atoms with Crippen LogP contribution in [0.3, 0.4) is 0 Å². The Labute approximate surface area is 164 Å².